The third kappa shape index (κ3) is 2.46. The van der Waals surface area contributed by atoms with Crippen molar-refractivity contribution in [2.45, 2.75) is 19.0 Å². The molecule has 2 unspecified atom stereocenters. The second-order valence-electron chi connectivity index (χ2n) is 5.64. The molecular formula is C15H18N2O2S2. The van der Waals surface area contributed by atoms with Gasteiger partial charge in [0.25, 0.3) is 0 Å². The van der Waals surface area contributed by atoms with Gasteiger partial charge in [-0.15, -0.1) is 6.58 Å². The molecule has 4 nitrogen and oxygen atoms in total. The van der Waals surface area contributed by atoms with Gasteiger partial charge in [-0.25, -0.2) is 8.42 Å². The lowest BCUT2D eigenvalue weighted by molar-refractivity contribution is 0.389. The molecule has 0 bridgehead atoms. The molecule has 0 spiro atoms. The molecule has 6 heteroatoms. The molecule has 2 aliphatic rings. The number of nitrogens with zero attached hydrogens (tertiary/aromatic N) is 2. The smallest absolute Gasteiger partial charge is 0.177 e. The van der Waals surface area contributed by atoms with E-state index in [-0.39, 0.29) is 23.6 Å². The molecule has 0 saturated carbocycles. The fraction of sp³-hybridized carbons (Fsp3) is 0.400. The van der Waals surface area contributed by atoms with Gasteiger partial charge in [-0.2, -0.15) is 0 Å². The minimum absolute atomic E-state index is 0.0685. The van der Waals surface area contributed by atoms with Crippen LogP contribution in [0.4, 0.5) is 5.69 Å². The maximum Gasteiger partial charge on any atom is 0.177 e. The first-order valence-corrected chi connectivity index (χ1v) is 9.14. The highest BCUT2D eigenvalue weighted by molar-refractivity contribution is 7.91. The molecule has 2 atom stereocenters. The lowest BCUT2D eigenvalue weighted by Gasteiger charge is -2.25. The lowest BCUT2D eigenvalue weighted by Crippen LogP contribution is -2.37. The van der Waals surface area contributed by atoms with E-state index in [4.69, 9.17) is 12.2 Å². The van der Waals surface area contributed by atoms with Gasteiger partial charge in [-0.05, 0) is 36.8 Å². The summed E-state index contributed by atoms with van der Waals surface area (Å²) < 4.78 is 24.0. The molecule has 2 fully saturated rings. The Balaban J connectivity index is 2.03. The fourth-order valence-electron chi connectivity index (χ4n) is 3.21. The third-order valence-corrected chi connectivity index (χ3v) is 6.21. The van der Waals surface area contributed by atoms with Crippen molar-refractivity contribution in [3.63, 3.8) is 0 Å². The van der Waals surface area contributed by atoms with Crippen LogP contribution < -0.4 is 4.90 Å². The Morgan fingerprint density at radius 1 is 1.38 bits per heavy atom. The highest BCUT2D eigenvalue weighted by atomic mass is 32.2. The van der Waals surface area contributed by atoms with Gasteiger partial charge in [0.1, 0.15) is 0 Å². The zero-order chi connectivity index (χ0) is 15.2. The molecule has 0 amide bonds. The molecule has 2 heterocycles. The average Bonchev–Trinajstić information content (AvgIpc) is 2.82. The quantitative estimate of drug-likeness (QED) is 0.626. The summed E-state index contributed by atoms with van der Waals surface area (Å²) in [6.07, 6.45) is 1.77. The monoisotopic (exact) mass is 322 g/mol. The Hall–Kier alpha value is -1.40. The second kappa shape index (κ2) is 5.10. The van der Waals surface area contributed by atoms with Gasteiger partial charge >= 0.3 is 0 Å². The van der Waals surface area contributed by atoms with Crippen molar-refractivity contribution < 1.29 is 8.42 Å². The number of fused-ring (bicyclic) bond motifs is 1. The predicted octanol–water partition coefficient (Wildman–Crippen LogP) is 1.75. The number of hydrogen-bond donors (Lipinski definition) is 0. The summed E-state index contributed by atoms with van der Waals surface area (Å²) in [5.74, 6) is 0.341. The normalized spacial score (nSPS) is 27.0. The van der Waals surface area contributed by atoms with Crippen molar-refractivity contribution in [3.8, 4) is 0 Å². The Bertz CT molecular complexity index is 699. The van der Waals surface area contributed by atoms with Crippen molar-refractivity contribution in [2.24, 2.45) is 0 Å². The molecule has 1 aromatic rings. The molecule has 112 valence electrons. The molecule has 1 aromatic carbocycles. The predicted molar refractivity (Wildman–Crippen MR) is 89.4 cm³/mol. The summed E-state index contributed by atoms with van der Waals surface area (Å²) in [6, 6.07) is 7.87. The van der Waals surface area contributed by atoms with Gasteiger partial charge in [0.2, 0.25) is 0 Å². The van der Waals surface area contributed by atoms with Crippen LogP contribution in [-0.2, 0) is 9.84 Å². The van der Waals surface area contributed by atoms with Gasteiger partial charge in [-0.3, -0.25) is 0 Å². The molecule has 3 rings (SSSR count). The van der Waals surface area contributed by atoms with Crippen LogP contribution in [0.1, 0.15) is 5.56 Å². The SMILES string of the molecule is C=CCN1C(=S)N(c2cccc(C)c2)C2CS(=O)(=O)CC21. The zero-order valence-corrected chi connectivity index (χ0v) is 13.5. The van der Waals surface area contributed by atoms with E-state index in [0.717, 1.165) is 11.3 Å². The molecule has 0 radical (unpaired) electrons. The first-order chi connectivity index (χ1) is 9.93. The number of aryl methyl sites for hydroxylation is 1. The maximum absolute atomic E-state index is 12.0. The van der Waals surface area contributed by atoms with E-state index in [2.05, 4.69) is 6.58 Å². The van der Waals surface area contributed by atoms with Crippen molar-refractivity contribution in [1.82, 2.24) is 4.90 Å². The Morgan fingerprint density at radius 3 is 2.76 bits per heavy atom. The first-order valence-electron chi connectivity index (χ1n) is 6.91. The first kappa shape index (κ1) is 14.5. The van der Waals surface area contributed by atoms with Gasteiger partial charge < -0.3 is 9.80 Å². The number of benzene rings is 1. The lowest BCUT2D eigenvalue weighted by atomic mass is 10.1. The van der Waals surface area contributed by atoms with Crippen LogP contribution in [-0.4, -0.2) is 48.6 Å². The van der Waals surface area contributed by atoms with Crippen LogP contribution in [0, 0.1) is 6.92 Å². The van der Waals surface area contributed by atoms with E-state index in [1.54, 1.807) is 6.08 Å². The van der Waals surface area contributed by atoms with Crippen LogP contribution in [0.5, 0.6) is 0 Å². The van der Waals surface area contributed by atoms with Crippen molar-refractivity contribution >= 4 is 32.9 Å². The number of hydrogen-bond acceptors (Lipinski definition) is 3. The van der Waals surface area contributed by atoms with Crippen molar-refractivity contribution in [2.75, 3.05) is 23.0 Å². The van der Waals surface area contributed by atoms with Gasteiger partial charge in [0.15, 0.2) is 14.9 Å². The summed E-state index contributed by atoms with van der Waals surface area (Å²) in [5, 5.41) is 0.699. The molecule has 2 aliphatic heterocycles. The molecule has 21 heavy (non-hydrogen) atoms. The molecule has 2 saturated heterocycles. The van der Waals surface area contributed by atoms with Gasteiger partial charge in [0, 0.05) is 12.2 Å². The Morgan fingerprint density at radius 2 is 2.10 bits per heavy atom. The number of sulfone groups is 1. The standard InChI is InChI=1S/C15H18N2O2S2/c1-3-7-16-13-9-21(18,19)10-14(13)17(15(16)20)12-6-4-5-11(2)8-12/h3-6,8,13-14H,1,7,9-10H2,2H3. The van der Waals surface area contributed by atoms with Crippen LogP contribution in [0.2, 0.25) is 0 Å². The van der Waals surface area contributed by atoms with E-state index in [1.807, 2.05) is 41.0 Å². The number of rotatable bonds is 3. The van der Waals surface area contributed by atoms with E-state index in [9.17, 15) is 8.42 Å². The van der Waals surface area contributed by atoms with Crippen molar-refractivity contribution in [1.29, 1.82) is 0 Å². The maximum atomic E-state index is 12.0. The molecule has 0 aromatic heterocycles. The third-order valence-electron chi connectivity index (χ3n) is 4.08. The minimum atomic E-state index is -3.01. The summed E-state index contributed by atoms with van der Waals surface area (Å²) in [4.78, 5) is 3.99. The molecule has 0 N–H and O–H groups in total. The van der Waals surface area contributed by atoms with Crippen LogP contribution in [0.25, 0.3) is 0 Å². The summed E-state index contributed by atoms with van der Waals surface area (Å²) in [7, 11) is -3.01. The van der Waals surface area contributed by atoms with E-state index >= 15 is 0 Å². The topological polar surface area (TPSA) is 40.6 Å². The summed E-state index contributed by atoms with van der Waals surface area (Å²) in [5.41, 5.74) is 2.11. The molecular weight excluding hydrogens is 304 g/mol. The zero-order valence-electron chi connectivity index (χ0n) is 11.9. The van der Waals surface area contributed by atoms with E-state index in [1.165, 1.54) is 0 Å². The van der Waals surface area contributed by atoms with Crippen LogP contribution in [0.15, 0.2) is 36.9 Å². The van der Waals surface area contributed by atoms with E-state index in [0.29, 0.717) is 11.7 Å². The van der Waals surface area contributed by atoms with Gasteiger partial charge in [-0.1, -0.05) is 18.2 Å². The summed E-state index contributed by atoms with van der Waals surface area (Å²) >= 11 is 5.59. The highest BCUT2D eigenvalue weighted by Crippen LogP contribution is 2.35. The van der Waals surface area contributed by atoms with Gasteiger partial charge in [0.05, 0.1) is 23.6 Å². The minimum Gasteiger partial charge on any atom is -0.339 e. The number of thiocarbonyl (C=S) groups is 1. The highest BCUT2D eigenvalue weighted by Gasteiger charge is 2.51. The number of anilines is 1. The van der Waals surface area contributed by atoms with E-state index < -0.39 is 9.84 Å². The fourth-order valence-corrected chi connectivity index (χ4v) is 5.61. The summed E-state index contributed by atoms with van der Waals surface area (Å²) in [6.45, 7) is 6.35. The average molecular weight is 322 g/mol. The van der Waals surface area contributed by atoms with Crippen LogP contribution in [0.3, 0.4) is 0 Å². The van der Waals surface area contributed by atoms with Crippen molar-refractivity contribution in [3.05, 3.63) is 42.5 Å². The second-order valence-corrected chi connectivity index (χ2v) is 8.16. The molecule has 0 aliphatic carbocycles. The largest absolute Gasteiger partial charge is 0.339 e. The Labute approximate surface area is 131 Å². The Kier molecular flexibility index (Phi) is 3.53. The van der Waals surface area contributed by atoms with Crippen LogP contribution >= 0.6 is 12.2 Å².